The molecule has 0 spiro atoms. The van der Waals surface area contributed by atoms with Crippen molar-refractivity contribution >= 4 is 32.6 Å². The van der Waals surface area contributed by atoms with Crippen molar-refractivity contribution in [3.8, 4) is 5.88 Å². The molecule has 7 heteroatoms. The van der Waals surface area contributed by atoms with Crippen molar-refractivity contribution in [2.24, 2.45) is 0 Å². The number of nitrogens with zero attached hydrogens (tertiary/aromatic N) is 2. The van der Waals surface area contributed by atoms with Crippen molar-refractivity contribution in [2.75, 3.05) is 18.5 Å². The first kappa shape index (κ1) is 16.0. The molecule has 0 saturated carbocycles. The third-order valence-electron chi connectivity index (χ3n) is 3.97. The Morgan fingerprint density at radius 3 is 2.80 bits per heavy atom. The Morgan fingerprint density at radius 1 is 1.20 bits per heavy atom. The van der Waals surface area contributed by atoms with E-state index in [4.69, 9.17) is 9.47 Å². The van der Waals surface area contributed by atoms with Crippen LogP contribution in [0.4, 0.5) is 5.13 Å². The van der Waals surface area contributed by atoms with Gasteiger partial charge in [-0.1, -0.05) is 23.5 Å². The number of anilines is 1. The maximum atomic E-state index is 12.4. The number of amides is 1. The number of benzene rings is 1. The first-order valence-corrected chi connectivity index (χ1v) is 8.97. The van der Waals surface area contributed by atoms with Crippen molar-refractivity contribution in [3.63, 3.8) is 0 Å². The molecule has 1 saturated heterocycles. The SMILES string of the molecule is O=C(Nc1nc2ccccc2s1)c1ccc(OC2CCOCC2)nc1. The minimum Gasteiger partial charge on any atom is -0.474 e. The minimum atomic E-state index is -0.232. The van der Waals surface area contributed by atoms with Crippen molar-refractivity contribution < 1.29 is 14.3 Å². The molecule has 4 rings (SSSR count). The van der Waals surface area contributed by atoms with Crippen LogP contribution in [0.15, 0.2) is 42.6 Å². The lowest BCUT2D eigenvalue weighted by Gasteiger charge is -2.22. The zero-order valence-electron chi connectivity index (χ0n) is 13.5. The molecule has 1 aromatic carbocycles. The van der Waals surface area contributed by atoms with Gasteiger partial charge in [0.1, 0.15) is 6.10 Å². The van der Waals surface area contributed by atoms with Crippen LogP contribution in [-0.2, 0) is 4.74 Å². The summed E-state index contributed by atoms with van der Waals surface area (Å²) in [5.41, 5.74) is 1.35. The molecule has 2 aromatic heterocycles. The summed E-state index contributed by atoms with van der Waals surface area (Å²) in [6, 6.07) is 11.2. The number of pyridine rings is 1. The van der Waals surface area contributed by atoms with Gasteiger partial charge >= 0.3 is 0 Å². The van der Waals surface area contributed by atoms with Crippen LogP contribution in [0.1, 0.15) is 23.2 Å². The van der Waals surface area contributed by atoms with E-state index in [1.165, 1.54) is 17.5 Å². The summed E-state index contributed by atoms with van der Waals surface area (Å²) in [5, 5.41) is 3.40. The first-order valence-electron chi connectivity index (χ1n) is 8.15. The summed E-state index contributed by atoms with van der Waals surface area (Å²) < 4.78 is 12.2. The van der Waals surface area contributed by atoms with E-state index in [9.17, 15) is 4.79 Å². The van der Waals surface area contributed by atoms with Gasteiger partial charge in [-0.3, -0.25) is 10.1 Å². The minimum absolute atomic E-state index is 0.128. The molecule has 3 heterocycles. The van der Waals surface area contributed by atoms with Crippen molar-refractivity contribution in [3.05, 3.63) is 48.2 Å². The van der Waals surface area contributed by atoms with Gasteiger partial charge in [0.2, 0.25) is 5.88 Å². The quantitative estimate of drug-likeness (QED) is 0.775. The number of rotatable bonds is 4. The summed E-state index contributed by atoms with van der Waals surface area (Å²) in [5.74, 6) is 0.299. The Hall–Kier alpha value is -2.51. The van der Waals surface area contributed by atoms with Crippen molar-refractivity contribution in [1.82, 2.24) is 9.97 Å². The molecule has 0 bridgehead atoms. The number of aromatic nitrogens is 2. The summed E-state index contributed by atoms with van der Waals surface area (Å²) in [6.07, 6.45) is 3.38. The van der Waals surface area contributed by atoms with Gasteiger partial charge in [-0.05, 0) is 18.2 Å². The number of carbonyl (C=O) groups is 1. The van der Waals surface area contributed by atoms with E-state index in [0.29, 0.717) is 29.8 Å². The number of thiazole rings is 1. The number of hydrogen-bond acceptors (Lipinski definition) is 6. The monoisotopic (exact) mass is 355 g/mol. The molecular weight excluding hydrogens is 338 g/mol. The Morgan fingerprint density at radius 2 is 2.04 bits per heavy atom. The Balaban J connectivity index is 1.41. The molecule has 0 aliphatic carbocycles. The van der Waals surface area contributed by atoms with E-state index in [-0.39, 0.29) is 12.0 Å². The largest absolute Gasteiger partial charge is 0.474 e. The van der Waals surface area contributed by atoms with Crippen LogP contribution in [-0.4, -0.2) is 35.2 Å². The number of nitrogens with one attached hydrogen (secondary N) is 1. The average molecular weight is 355 g/mol. The highest BCUT2D eigenvalue weighted by Crippen LogP contribution is 2.25. The smallest absolute Gasteiger partial charge is 0.259 e. The van der Waals surface area contributed by atoms with Gasteiger partial charge in [-0.15, -0.1) is 0 Å². The Labute approximate surface area is 148 Å². The normalized spacial score (nSPS) is 15.2. The summed E-state index contributed by atoms with van der Waals surface area (Å²) in [6.45, 7) is 1.43. The van der Waals surface area contributed by atoms with Crippen LogP contribution >= 0.6 is 11.3 Å². The molecular formula is C18H17N3O3S. The van der Waals surface area contributed by atoms with E-state index in [1.807, 2.05) is 24.3 Å². The molecule has 0 radical (unpaired) electrons. The highest BCUT2D eigenvalue weighted by molar-refractivity contribution is 7.22. The molecule has 1 fully saturated rings. The van der Waals surface area contributed by atoms with Crippen LogP contribution in [0, 0.1) is 0 Å². The zero-order valence-corrected chi connectivity index (χ0v) is 14.3. The molecule has 0 unspecified atom stereocenters. The van der Waals surface area contributed by atoms with Crippen molar-refractivity contribution in [1.29, 1.82) is 0 Å². The van der Waals surface area contributed by atoms with Gasteiger partial charge in [0.05, 0.1) is 29.0 Å². The maximum absolute atomic E-state index is 12.4. The van der Waals surface area contributed by atoms with Crippen LogP contribution < -0.4 is 10.1 Å². The van der Waals surface area contributed by atoms with Gasteiger partial charge in [0.15, 0.2) is 5.13 Å². The standard InChI is InChI=1S/C18H17N3O3S/c22-17(21-18-20-14-3-1-2-4-15(14)25-18)12-5-6-16(19-11-12)24-13-7-9-23-10-8-13/h1-6,11,13H,7-10H2,(H,20,21,22). The second kappa shape index (κ2) is 7.16. The molecule has 0 atom stereocenters. The lowest BCUT2D eigenvalue weighted by atomic mass is 10.1. The van der Waals surface area contributed by atoms with E-state index in [1.54, 1.807) is 12.1 Å². The zero-order chi connectivity index (χ0) is 17.1. The lowest BCUT2D eigenvalue weighted by molar-refractivity contribution is 0.0237. The molecule has 1 N–H and O–H groups in total. The van der Waals surface area contributed by atoms with E-state index in [2.05, 4.69) is 15.3 Å². The maximum Gasteiger partial charge on any atom is 0.259 e. The fourth-order valence-electron chi connectivity index (χ4n) is 2.64. The average Bonchev–Trinajstić information content (AvgIpc) is 3.05. The lowest BCUT2D eigenvalue weighted by Crippen LogP contribution is -2.26. The first-order chi connectivity index (χ1) is 12.3. The van der Waals surface area contributed by atoms with E-state index < -0.39 is 0 Å². The molecule has 3 aromatic rings. The number of carbonyl (C=O) groups excluding carboxylic acids is 1. The number of hydrogen-bond donors (Lipinski definition) is 1. The van der Waals surface area contributed by atoms with Crippen LogP contribution in [0.25, 0.3) is 10.2 Å². The number of ether oxygens (including phenoxy) is 2. The van der Waals surface area contributed by atoms with Gasteiger partial charge < -0.3 is 9.47 Å². The number of fused-ring (bicyclic) bond motifs is 1. The second-order valence-electron chi connectivity index (χ2n) is 5.76. The third-order valence-corrected chi connectivity index (χ3v) is 4.92. The molecule has 128 valence electrons. The van der Waals surface area contributed by atoms with Crippen LogP contribution in [0.3, 0.4) is 0 Å². The molecule has 1 aliphatic rings. The predicted molar refractivity (Wildman–Crippen MR) is 96.3 cm³/mol. The molecule has 1 amide bonds. The second-order valence-corrected chi connectivity index (χ2v) is 6.79. The Kier molecular flexibility index (Phi) is 4.58. The summed E-state index contributed by atoms with van der Waals surface area (Å²) in [4.78, 5) is 21.0. The van der Waals surface area contributed by atoms with Gasteiger partial charge in [-0.25, -0.2) is 9.97 Å². The van der Waals surface area contributed by atoms with E-state index >= 15 is 0 Å². The topological polar surface area (TPSA) is 73.3 Å². The van der Waals surface area contributed by atoms with Gasteiger partial charge in [0, 0.05) is 25.1 Å². The predicted octanol–water partition coefficient (Wildman–Crippen LogP) is 3.50. The Bertz CT molecular complexity index is 840. The van der Waals surface area contributed by atoms with E-state index in [0.717, 1.165) is 23.1 Å². The summed E-state index contributed by atoms with van der Waals surface area (Å²) >= 11 is 1.45. The number of para-hydroxylation sites is 1. The molecule has 6 nitrogen and oxygen atoms in total. The molecule has 1 aliphatic heterocycles. The van der Waals surface area contributed by atoms with Gasteiger partial charge in [-0.2, -0.15) is 0 Å². The fourth-order valence-corrected chi connectivity index (χ4v) is 3.50. The van der Waals surface area contributed by atoms with Crippen molar-refractivity contribution in [2.45, 2.75) is 18.9 Å². The van der Waals surface area contributed by atoms with Crippen LogP contribution in [0.5, 0.6) is 5.88 Å². The molecule has 25 heavy (non-hydrogen) atoms. The van der Waals surface area contributed by atoms with Gasteiger partial charge in [0.25, 0.3) is 5.91 Å². The van der Waals surface area contributed by atoms with Crippen LogP contribution in [0.2, 0.25) is 0 Å². The highest BCUT2D eigenvalue weighted by atomic mass is 32.1. The third kappa shape index (κ3) is 3.78. The fraction of sp³-hybridized carbons (Fsp3) is 0.278. The highest BCUT2D eigenvalue weighted by Gasteiger charge is 2.16. The summed E-state index contributed by atoms with van der Waals surface area (Å²) in [7, 11) is 0.